The number of imidazole rings is 1. The standard InChI is InChI=1S/C13H15N5/c1-17-2-4-18(5-3-17)12-7-10(8-14)6-11-13(12)16-9-15-11/h6-7,9H,2-5H2,1H3,(H,15,16). The fourth-order valence-electron chi connectivity index (χ4n) is 2.38. The largest absolute Gasteiger partial charge is 0.367 e. The van der Waals surface area contributed by atoms with Crippen molar-refractivity contribution in [2.45, 2.75) is 0 Å². The first-order valence-corrected chi connectivity index (χ1v) is 6.08. The molecular weight excluding hydrogens is 226 g/mol. The average molecular weight is 241 g/mol. The molecule has 0 radical (unpaired) electrons. The van der Waals surface area contributed by atoms with Crippen molar-refractivity contribution in [3.63, 3.8) is 0 Å². The minimum Gasteiger partial charge on any atom is -0.367 e. The highest BCUT2D eigenvalue weighted by molar-refractivity contribution is 5.90. The van der Waals surface area contributed by atoms with Gasteiger partial charge in [0, 0.05) is 26.2 Å². The van der Waals surface area contributed by atoms with Crippen molar-refractivity contribution >= 4 is 16.7 Å². The summed E-state index contributed by atoms with van der Waals surface area (Å²) < 4.78 is 0. The van der Waals surface area contributed by atoms with Crippen LogP contribution in [0.1, 0.15) is 5.56 Å². The first kappa shape index (κ1) is 11.1. The predicted octanol–water partition coefficient (Wildman–Crippen LogP) is 1.19. The molecule has 1 aliphatic heterocycles. The summed E-state index contributed by atoms with van der Waals surface area (Å²) in [6, 6.07) is 6.00. The Morgan fingerprint density at radius 3 is 2.78 bits per heavy atom. The number of fused-ring (bicyclic) bond motifs is 1. The highest BCUT2D eigenvalue weighted by Gasteiger charge is 2.18. The molecule has 1 aromatic carbocycles. The van der Waals surface area contributed by atoms with Gasteiger partial charge in [0.05, 0.1) is 29.2 Å². The third-order valence-electron chi connectivity index (χ3n) is 3.48. The number of likely N-dealkylation sites (N-methyl/N-ethyl adjacent to an activating group) is 1. The molecule has 0 atom stereocenters. The fourth-order valence-corrected chi connectivity index (χ4v) is 2.38. The SMILES string of the molecule is CN1CCN(c2cc(C#N)cc3[nH]cnc23)CC1. The molecule has 1 aliphatic rings. The van der Waals surface area contributed by atoms with E-state index in [0.717, 1.165) is 42.9 Å². The Hall–Kier alpha value is -2.06. The maximum absolute atomic E-state index is 9.09. The summed E-state index contributed by atoms with van der Waals surface area (Å²) in [5.74, 6) is 0. The fraction of sp³-hybridized carbons (Fsp3) is 0.385. The smallest absolute Gasteiger partial charge is 0.112 e. The number of piperazine rings is 1. The molecule has 3 rings (SSSR count). The van der Waals surface area contributed by atoms with E-state index in [-0.39, 0.29) is 0 Å². The maximum atomic E-state index is 9.09. The van der Waals surface area contributed by atoms with Crippen LogP contribution < -0.4 is 4.90 Å². The van der Waals surface area contributed by atoms with Crippen molar-refractivity contribution in [3.05, 3.63) is 24.0 Å². The van der Waals surface area contributed by atoms with Gasteiger partial charge < -0.3 is 14.8 Å². The lowest BCUT2D eigenvalue weighted by atomic mass is 10.1. The molecule has 0 aliphatic carbocycles. The van der Waals surface area contributed by atoms with Gasteiger partial charge >= 0.3 is 0 Å². The van der Waals surface area contributed by atoms with Crippen LogP contribution in [0.2, 0.25) is 0 Å². The molecule has 2 aromatic rings. The van der Waals surface area contributed by atoms with Gasteiger partial charge in [-0.2, -0.15) is 5.26 Å². The first-order chi connectivity index (χ1) is 8.78. The Kier molecular flexibility index (Phi) is 2.65. The van der Waals surface area contributed by atoms with Gasteiger partial charge in [-0.1, -0.05) is 0 Å². The Labute approximate surface area is 106 Å². The zero-order valence-electron chi connectivity index (χ0n) is 10.3. The molecule has 0 spiro atoms. The molecule has 0 amide bonds. The molecule has 1 N–H and O–H groups in total. The minimum absolute atomic E-state index is 0.681. The molecule has 0 saturated carbocycles. The number of hydrogen-bond acceptors (Lipinski definition) is 4. The van der Waals surface area contributed by atoms with Crippen molar-refractivity contribution in [1.82, 2.24) is 14.9 Å². The van der Waals surface area contributed by atoms with Crippen LogP contribution in [0, 0.1) is 11.3 Å². The molecular formula is C13H15N5. The summed E-state index contributed by atoms with van der Waals surface area (Å²) in [6.07, 6.45) is 1.69. The van der Waals surface area contributed by atoms with Crippen molar-refractivity contribution in [2.75, 3.05) is 38.1 Å². The summed E-state index contributed by atoms with van der Waals surface area (Å²) >= 11 is 0. The third kappa shape index (κ3) is 1.81. The zero-order chi connectivity index (χ0) is 12.5. The van der Waals surface area contributed by atoms with Gasteiger partial charge in [0.15, 0.2) is 0 Å². The first-order valence-electron chi connectivity index (χ1n) is 6.08. The molecule has 0 unspecified atom stereocenters. The molecule has 18 heavy (non-hydrogen) atoms. The number of aromatic nitrogens is 2. The van der Waals surface area contributed by atoms with E-state index < -0.39 is 0 Å². The number of aromatic amines is 1. The topological polar surface area (TPSA) is 59.0 Å². The summed E-state index contributed by atoms with van der Waals surface area (Å²) in [7, 11) is 2.13. The molecule has 1 fully saturated rings. The number of nitrogens with one attached hydrogen (secondary N) is 1. The second kappa shape index (κ2) is 4.31. The lowest BCUT2D eigenvalue weighted by Crippen LogP contribution is -2.44. The summed E-state index contributed by atoms with van der Waals surface area (Å²) in [4.78, 5) is 12.1. The quantitative estimate of drug-likeness (QED) is 0.814. The summed E-state index contributed by atoms with van der Waals surface area (Å²) in [5.41, 5.74) is 3.64. The Bertz CT molecular complexity index is 601. The number of rotatable bonds is 1. The summed E-state index contributed by atoms with van der Waals surface area (Å²) in [6.45, 7) is 4.05. The van der Waals surface area contributed by atoms with Gasteiger partial charge in [-0.25, -0.2) is 4.98 Å². The number of benzene rings is 1. The highest BCUT2D eigenvalue weighted by atomic mass is 15.3. The van der Waals surface area contributed by atoms with Crippen LogP contribution in [0.4, 0.5) is 5.69 Å². The van der Waals surface area contributed by atoms with Crippen molar-refractivity contribution in [3.8, 4) is 6.07 Å². The third-order valence-corrected chi connectivity index (χ3v) is 3.48. The van der Waals surface area contributed by atoms with E-state index in [2.05, 4.69) is 32.9 Å². The van der Waals surface area contributed by atoms with E-state index >= 15 is 0 Å². The second-order valence-corrected chi connectivity index (χ2v) is 4.70. The van der Waals surface area contributed by atoms with E-state index in [1.807, 2.05) is 12.1 Å². The number of nitrogens with zero attached hydrogens (tertiary/aromatic N) is 4. The van der Waals surface area contributed by atoms with E-state index in [9.17, 15) is 0 Å². The van der Waals surface area contributed by atoms with Gasteiger partial charge in [-0.15, -0.1) is 0 Å². The Balaban J connectivity index is 2.04. The predicted molar refractivity (Wildman–Crippen MR) is 70.5 cm³/mol. The normalized spacial score (nSPS) is 17.0. The Morgan fingerprint density at radius 2 is 2.06 bits per heavy atom. The van der Waals surface area contributed by atoms with Crippen molar-refractivity contribution < 1.29 is 0 Å². The van der Waals surface area contributed by atoms with Crippen LogP contribution in [-0.2, 0) is 0 Å². The molecule has 5 nitrogen and oxygen atoms in total. The van der Waals surface area contributed by atoms with Crippen LogP contribution in [0.25, 0.3) is 11.0 Å². The van der Waals surface area contributed by atoms with Crippen LogP contribution in [0.5, 0.6) is 0 Å². The number of nitriles is 1. The number of anilines is 1. The lowest BCUT2D eigenvalue weighted by molar-refractivity contribution is 0.313. The van der Waals surface area contributed by atoms with Crippen molar-refractivity contribution in [2.24, 2.45) is 0 Å². The van der Waals surface area contributed by atoms with Gasteiger partial charge in [0.25, 0.3) is 0 Å². The summed E-state index contributed by atoms with van der Waals surface area (Å²) in [5, 5.41) is 9.09. The maximum Gasteiger partial charge on any atom is 0.112 e. The van der Waals surface area contributed by atoms with E-state index in [0.29, 0.717) is 5.56 Å². The molecule has 92 valence electrons. The molecule has 1 saturated heterocycles. The van der Waals surface area contributed by atoms with Crippen LogP contribution in [0.3, 0.4) is 0 Å². The second-order valence-electron chi connectivity index (χ2n) is 4.70. The highest BCUT2D eigenvalue weighted by Crippen LogP contribution is 2.26. The van der Waals surface area contributed by atoms with E-state index in [4.69, 9.17) is 5.26 Å². The zero-order valence-corrected chi connectivity index (χ0v) is 10.3. The van der Waals surface area contributed by atoms with E-state index in [1.54, 1.807) is 6.33 Å². The molecule has 0 bridgehead atoms. The van der Waals surface area contributed by atoms with E-state index in [1.165, 1.54) is 0 Å². The minimum atomic E-state index is 0.681. The van der Waals surface area contributed by atoms with Crippen LogP contribution in [0.15, 0.2) is 18.5 Å². The number of H-pyrrole nitrogens is 1. The Morgan fingerprint density at radius 1 is 1.28 bits per heavy atom. The molecule has 2 heterocycles. The molecule has 1 aromatic heterocycles. The van der Waals surface area contributed by atoms with Crippen molar-refractivity contribution in [1.29, 1.82) is 5.26 Å². The van der Waals surface area contributed by atoms with Crippen LogP contribution in [-0.4, -0.2) is 48.1 Å². The van der Waals surface area contributed by atoms with Gasteiger partial charge in [-0.05, 0) is 19.2 Å². The van der Waals surface area contributed by atoms with Gasteiger partial charge in [0.1, 0.15) is 5.52 Å². The van der Waals surface area contributed by atoms with Gasteiger partial charge in [-0.3, -0.25) is 0 Å². The average Bonchev–Trinajstić information content (AvgIpc) is 2.86. The molecule has 5 heteroatoms. The van der Waals surface area contributed by atoms with Crippen LogP contribution >= 0.6 is 0 Å². The monoisotopic (exact) mass is 241 g/mol. The lowest BCUT2D eigenvalue weighted by Gasteiger charge is -2.34. The number of hydrogen-bond donors (Lipinski definition) is 1. The van der Waals surface area contributed by atoms with Gasteiger partial charge in [0.2, 0.25) is 0 Å².